The van der Waals surface area contributed by atoms with E-state index in [4.69, 9.17) is 50.4 Å². The summed E-state index contributed by atoms with van der Waals surface area (Å²) in [5.41, 5.74) is 1.67. The van der Waals surface area contributed by atoms with Crippen LogP contribution in [0.3, 0.4) is 0 Å². The number of nitrogens with one attached hydrogen (secondary N) is 3. The Hall–Kier alpha value is -2.15. The molecule has 1 aromatic heterocycles. The fourth-order valence-corrected chi connectivity index (χ4v) is 2.76. The molecule has 0 saturated heterocycles. The van der Waals surface area contributed by atoms with Crippen LogP contribution in [-0.2, 0) is 6.42 Å². The average molecular weight is 427 g/mol. The van der Waals surface area contributed by atoms with Crippen molar-refractivity contribution >= 4 is 51.7 Å². The van der Waals surface area contributed by atoms with Crippen LogP contribution in [0.2, 0.25) is 5.02 Å². The molecule has 2 rings (SSSR count). The van der Waals surface area contributed by atoms with E-state index in [1.54, 1.807) is 19.1 Å². The monoisotopic (exact) mass is 425 g/mol. The smallest absolute Gasteiger partial charge is 0.211 e. The maximum atomic E-state index is 7.64. The zero-order chi connectivity index (χ0) is 19.8. The molecule has 2 aromatic rings. The summed E-state index contributed by atoms with van der Waals surface area (Å²) in [6.07, 6.45) is 4.77. The Bertz CT molecular complexity index is 837. The standard InChI is InChI=1S/C18H18Cl3N5O/c1-11(19)17-16(21)18(26-10-25-17)24-9-8-12-2-4-13(5-3-12)27-15(23)7-6-14(20)22/h2-7,10-11,22-23H,8-9H2,1H3,(H,24,25,26)/b7-6-,22-14?,23-15?. The lowest BCUT2D eigenvalue weighted by Gasteiger charge is -2.11. The van der Waals surface area contributed by atoms with Gasteiger partial charge in [-0.1, -0.05) is 35.3 Å². The molecule has 1 aromatic carbocycles. The van der Waals surface area contributed by atoms with Gasteiger partial charge in [0.05, 0.1) is 11.1 Å². The first-order valence-corrected chi connectivity index (χ1v) is 9.22. The fourth-order valence-electron chi connectivity index (χ4n) is 2.14. The van der Waals surface area contributed by atoms with E-state index in [0.29, 0.717) is 28.8 Å². The average Bonchev–Trinajstić information content (AvgIpc) is 2.62. The van der Waals surface area contributed by atoms with Crippen molar-refractivity contribution in [1.29, 1.82) is 10.8 Å². The normalized spacial score (nSPS) is 12.0. The quantitative estimate of drug-likeness (QED) is 0.307. The van der Waals surface area contributed by atoms with E-state index in [0.717, 1.165) is 12.0 Å². The number of benzene rings is 1. The fraction of sp³-hybridized carbons (Fsp3) is 0.222. The Labute approximate surface area is 172 Å². The minimum atomic E-state index is -0.294. The van der Waals surface area contributed by atoms with Crippen LogP contribution in [0.1, 0.15) is 23.6 Å². The number of aromatic nitrogens is 2. The van der Waals surface area contributed by atoms with E-state index in [2.05, 4.69) is 15.3 Å². The van der Waals surface area contributed by atoms with Crippen LogP contribution in [-0.4, -0.2) is 27.6 Å². The zero-order valence-corrected chi connectivity index (χ0v) is 16.7. The first kappa shape index (κ1) is 21.2. The summed E-state index contributed by atoms with van der Waals surface area (Å²) in [4.78, 5) is 8.23. The second-order valence-electron chi connectivity index (χ2n) is 5.51. The molecule has 142 valence electrons. The van der Waals surface area contributed by atoms with Crippen LogP contribution in [0.5, 0.6) is 5.75 Å². The van der Waals surface area contributed by atoms with Crippen LogP contribution < -0.4 is 10.1 Å². The van der Waals surface area contributed by atoms with Crippen LogP contribution in [0.4, 0.5) is 5.82 Å². The molecule has 0 amide bonds. The lowest BCUT2D eigenvalue weighted by atomic mass is 10.1. The number of ether oxygens (including phenoxy) is 1. The molecular weight excluding hydrogens is 409 g/mol. The topological polar surface area (TPSA) is 94.7 Å². The number of anilines is 1. The van der Waals surface area contributed by atoms with Gasteiger partial charge < -0.3 is 10.1 Å². The summed E-state index contributed by atoms with van der Waals surface area (Å²) in [5, 5.41) is 17.9. The minimum Gasteiger partial charge on any atom is -0.440 e. The molecule has 0 saturated carbocycles. The molecule has 3 N–H and O–H groups in total. The summed E-state index contributed by atoms with van der Waals surface area (Å²) in [6.45, 7) is 2.43. The van der Waals surface area contributed by atoms with E-state index in [9.17, 15) is 0 Å². The highest BCUT2D eigenvalue weighted by molar-refractivity contribution is 6.67. The van der Waals surface area contributed by atoms with E-state index in [-0.39, 0.29) is 16.4 Å². The van der Waals surface area contributed by atoms with Gasteiger partial charge in [0.2, 0.25) is 5.90 Å². The predicted octanol–water partition coefficient (Wildman–Crippen LogP) is 5.21. The summed E-state index contributed by atoms with van der Waals surface area (Å²) in [5.74, 6) is 0.985. The predicted molar refractivity (Wildman–Crippen MR) is 111 cm³/mol. The highest BCUT2D eigenvalue weighted by atomic mass is 35.5. The van der Waals surface area contributed by atoms with Crippen molar-refractivity contribution in [2.75, 3.05) is 11.9 Å². The van der Waals surface area contributed by atoms with Gasteiger partial charge in [-0.2, -0.15) is 0 Å². The Morgan fingerprint density at radius 2 is 1.93 bits per heavy atom. The number of halogens is 3. The maximum absolute atomic E-state index is 7.64. The highest BCUT2D eigenvalue weighted by Gasteiger charge is 2.13. The summed E-state index contributed by atoms with van der Waals surface area (Å²) >= 11 is 17.7. The van der Waals surface area contributed by atoms with Crippen molar-refractivity contribution in [3.63, 3.8) is 0 Å². The van der Waals surface area contributed by atoms with Gasteiger partial charge in [-0.25, -0.2) is 9.97 Å². The number of hydrogen-bond acceptors (Lipinski definition) is 6. The zero-order valence-electron chi connectivity index (χ0n) is 14.5. The molecule has 27 heavy (non-hydrogen) atoms. The molecule has 0 spiro atoms. The van der Waals surface area contributed by atoms with E-state index < -0.39 is 0 Å². The van der Waals surface area contributed by atoms with E-state index >= 15 is 0 Å². The molecule has 1 unspecified atom stereocenters. The summed E-state index contributed by atoms with van der Waals surface area (Å²) < 4.78 is 5.32. The van der Waals surface area contributed by atoms with Gasteiger partial charge in [-0.05, 0) is 37.1 Å². The second kappa shape index (κ2) is 10.3. The molecule has 0 aliphatic carbocycles. The van der Waals surface area contributed by atoms with Crippen LogP contribution in [0, 0.1) is 10.8 Å². The van der Waals surface area contributed by atoms with Crippen LogP contribution in [0.25, 0.3) is 0 Å². The van der Waals surface area contributed by atoms with E-state index in [1.807, 2.05) is 12.1 Å². The van der Waals surface area contributed by atoms with Gasteiger partial charge in [-0.3, -0.25) is 10.8 Å². The minimum absolute atomic E-state index is 0.0995. The van der Waals surface area contributed by atoms with Crippen molar-refractivity contribution < 1.29 is 4.74 Å². The van der Waals surface area contributed by atoms with Gasteiger partial charge in [0, 0.05) is 12.6 Å². The number of hydrogen-bond donors (Lipinski definition) is 3. The number of alkyl halides is 1. The Morgan fingerprint density at radius 3 is 2.56 bits per heavy atom. The maximum Gasteiger partial charge on any atom is 0.211 e. The lowest BCUT2D eigenvalue weighted by Crippen LogP contribution is -2.08. The molecule has 0 radical (unpaired) electrons. The Morgan fingerprint density at radius 1 is 1.22 bits per heavy atom. The second-order valence-corrected chi connectivity index (χ2v) is 6.95. The largest absolute Gasteiger partial charge is 0.440 e. The van der Waals surface area contributed by atoms with Gasteiger partial charge in [-0.15, -0.1) is 11.6 Å². The van der Waals surface area contributed by atoms with Crippen LogP contribution in [0.15, 0.2) is 42.7 Å². The Balaban J connectivity index is 1.88. The van der Waals surface area contributed by atoms with E-state index in [1.165, 1.54) is 18.5 Å². The molecule has 9 heteroatoms. The molecule has 1 atom stereocenters. The molecule has 0 aliphatic heterocycles. The molecule has 0 bridgehead atoms. The number of allylic oxidation sites excluding steroid dienone is 1. The van der Waals surface area contributed by atoms with Gasteiger partial charge in [0.1, 0.15) is 28.1 Å². The number of nitrogens with zero attached hydrogens (tertiary/aromatic N) is 2. The van der Waals surface area contributed by atoms with Crippen LogP contribution >= 0.6 is 34.8 Å². The van der Waals surface area contributed by atoms with Crippen molar-refractivity contribution in [2.24, 2.45) is 0 Å². The lowest BCUT2D eigenvalue weighted by molar-refractivity contribution is 0.550. The molecule has 6 nitrogen and oxygen atoms in total. The first-order valence-electron chi connectivity index (χ1n) is 8.02. The highest BCUT2D eigenvalue weighted by Crippen LogP contribution is 2.29. The van der Waals surface area contributed by atoms with Crippen molar-refractivity contribution in [3.8, 4) is 5.75 Å². The van der Waals surface area contributed by atoms with Crippen molar-refractivity contribution in [3.05, 3.63) is 59.0 Å². The SMILES string of the molecule is CC(Cl)c1ncnc(NCCc2ccc(OC(=N)/C=C\C(=N)Cl)cc2)c1Cl. The summed E-state index contributed by atoms with van der Waals surface area (Å²) in [7, 11) is 0. The molecule has 0 fully saturated rings. The third-order valence-corrected chi connectivity index (χ3v) is 4.14. The van der Waals surface area contributed by atoms with Gasteiger partial charge in [0.25, 0.3) is 0 Å². The Kier molecular flexibility index (Phi) is 8.03. The van der Waals surface area contributed by atoms with Crippen molar-refractivity contribution in [1.82, 2.24) is 9.97 Å². The first-order chi connectivity index (χ1) is 12.9. The molecule has 0 aliphatic rings. The summed E-state index contributed by atoms with van der Waals surface area (Å²) in [6, 6.07) is 7.36. The van der Waals surface area contributed by atoms with Gasteiger partial charge >= 0.3 is 0 Å². The molecule has 1 heterocycles. The van der Waals surface area contributed by atoms with Crippen molar-refractivity contribution in [2.45, 2.75) is 18.7 Å². The third kappa shape index (κ3) is 6.82. The third-order valence-electron chi connectivity index (χ3n) is 3.43. The molecular formula is C18H18Cl3N5O. The van der Waals surface area contributed by atoms with Gasteiger partial charge in [0.15, 0.2) is 0 Å². The number of rotatable bonds is 8.